The van der Waals surface area contributed by atoms with Crippen molar-refractivity contribution in [2.75, 3.05) is 10.6 Å². The molecule has 6 heteroatoms. The predicted octanol–water partition coefficient (Wildman–Crippen LogP) is 5.48. The van der Waals surface area contributed by atoms with E-state index in [1.807, 2.05) is 38.1 Å². The zero-order chi connectivity index (χ0) is 17.1. The predicted molar refractivity (Wildman–Crippen MR) is 98.6 cm³/mol. The van der Waals surface area contributed by atoms with Gasteiger partial charge in [-0.15, -0.1) is 0 Å². The molecule has 1 aromatic heterocycles. The third kappa shape index (κ3) is 4.08. The van der Waals surface area contributed by atoms with Gasteiger partial charge in [0, 0.05) is 27.6 Å². The molecule has 0 saturated carbocycles. The van der Waals surface area contributed by atoms with E-state index in [1.54, 1.807) is 12.1 Å². The molecule has 3 aromatic rings. The summed E-state index contributed by atoms with van der Waals surface area (Å²) < 4.78 is 14.0. The number of nitrogens with zero attached hydrogens (tertiary/aromatic N) is 2. The maximum atomic E-state index is 13.0. The average molecular weight is 387 g/mol. The maximum Gasteiger partial charge on any atom is 0.229 e. The Labute approximate surface area is 148 Å². The number of aryl methyl sites for hydroxylation is 2. The maximum absolute atomic E-state index is 13.0. The molecule has 0 amide bonds. The van der Waals surface area contributed by atoms with Gasteiger partial charge in [0.05, 0.1) is 0 Å². The van der Waals surface area contributed by atoms with E-state index in [2.05, 4.69) is 36.5 Å². The van der Waals surface area contributed by atoms with Gasteiger partial charge in [0.2, 0.25) is 5.95 Å². The number of halogens is 2. The van der Waals surface area contributed by atoms with Crippen molar-refractivity contribution >= 4 is 39.1 Å². The Morgan fingerprint density at radius 3 is 2.29 bits per heavy atom. The van der Waals surface area contributed by atoms with Gasteiger partial charge in [-0.05, 0) is 61.9 Å². The van der Waals surface area contributed by atoms with Crippen molar-refractivity contribution in [1.82, 2.24) is 9.97 Å². The highest BCUT2D eigenvalue weighted by molar-refractivity contribution is 9.10. The lowest BCUT2D eigenvalue weighted by Crippen LogP contribution is -2.02. The molecule has 0 aliphatic carbocycles. The van der Waals surface area contributed by atoms with Gasteiger partial charge in [0.25, 0.3) is 0 Å². The van der Waals surface area contributed by atoms with E-state index in [0.717, 1.165) is 27.1 Å². The molecule has 122 valence electrons. The third-order valence-electron chi connectivity index (χ3n) is 3.38. The summed E-state index contributed by atoms with van der Waals surface area (Å²) in [4.78, 5) is 8.82. The zero-order valence-corrected chi connectivity index (χ0v) is 14.9. The highest BCUT2D eigenvalue weighted by Gasteiger charge is 2.05. The molecule has 3 rings (SSSR count). The Morgan fingerprint density at radius 2 is 1.58 bits per heavy atom. The SMILES string of the molecule is Cc1cc(Nc2ccc(Br)c(C)c2)nc(Nc2ccc(F)cc2)n1. The summed E-state index contributed by atoms with van der Waals surface area (Å²) in [5, 5.41) is 6.36. The molecule has 0 saturated heterocycles. The largest absolute Gasteiger partial charge is 0.340 e. The molecule has 0 atom stereocenters. The molecule has 2 aromatic carbocycles. The first-order chi connectivity index (χ1) is 11.5. The van der Waals surface area contributed by atoms with Crippen LogP contribution in [0.4, 0.5) is 27.5 Å². The second kappa shape index (κ2) is 6.97. The van der Waals surface area contributed by atoms with Crippen molar-refractivity contribution in [3.05, 3.63) is 70.1 Å². The van der Waals surface area contributed by atoms with Crippen molar-refractivity contribution in [2.24, 2.45) is 0 Å². The van der Waals surface area contributed by atoms with Crippen molar-refractivity contribution in [3.63, 3.8) is 0 Å². The minimum Gasteiger partial charge on any atom is -0.340 e. The van der Waals surface area contributed by atoms with Crippen LogP contribution in [0.15, 0.2) is 53.0 Å². The monoisotopic (exact) mass is 386 g/mol. The van der Waals surface area contributed by atoms with Gasteiger partial charge in [-0.3, -0.25) is 0 Å². The Bertz CT molecular complexity index is 865. The van der Waals surface area contributed by atoms with Crippen LogP contribution >= 0.6 is 15.9 Å². The third-order valence-corrected chi connectivity index (χ3v) is 4.27. The molecule has 2 N–H and O–H groups in total. The first-order valence-corrected chi connectivity index (χ1v) is 8.20. The van der Waals surface area contributed by atoms with E-state index in [9.17, 15) is 4.39 Å². The number of nitrogens with one attached hydrogen (secondary N) is 2. The molecular formula is C18H16BrFN4. The van der Waals surface area contributed by atoms with Gasteiger partial charge in [-0.2, -0.15) is 4.98 Å². The summed E-state index contributed by atoms with van der Waals surface area (Å²) in [6, 6.07) is 13.9. The minimum absolute atomic E-state index is 0.279. The van der Waals surface area contributed by atoms with E-state index in [-0.39, 0.29) is 5.82 Å². The molecule has 0 radical (unpaired) electrons. The van der Waals surface area contributed by atoms with E-state index in [1.165, 1.54) is 12.1 Å². The summed E-state index contributed by atoms with van der Waals surface area (Å²) in [6.45, 7) is 3.93. The Hall–Kier alpha value is -2.47. The summed E-state index contributed by atoms with van der Waals surface area (Å²) in [5.74, 6) is 0.866. The molecular weight excluding hydrogens is 371 g/mol. The van der Waals surface area contributed by atoms with Gasteiger partial charge >= 0.3 is 0 Å². The normalized spacial score (nSPS) is 10.5. The Morgan fingerprint density at radius 1 is 0.875 bits per heavy atom. The molecule has 0 unspecified atom stereocenters. The lowest BCUT2D eigenvalue weighted by molar-refractivity contribution is 0.628. The fraction of sp³-hybridized carbons (Fsp3) is 0.111. The lowest BCUT2D eigenvalue weighted by Gasteiger charge is -2.11. The second-order valence-electron chi connectivity index (χ2n) is 5.44. The number of aromatic nitrogens is 2. The van der Waals surface area contributed by atoms with E-state index >= 15 is 0 Å². The molecule has 0 bridgehead atoms. The van der Waals surface area contributed by atoms with Crippen LogP contribution in [-0.2, 0) is 0 Å². The fourth-order valence-corrected chi connectivity index (χ4v) is 2.47. The molecule has 24 heavy (non-hydrogen) atoms. The average Bonchev–Trinajstić information content (AvgIpc) is 2.53. The van der Waals surface area contributed by atoms with Crippen LogP contribution < -0.4 is 10.6 Å². The summed E-state index contributed by atoms with van der Waals surface area (Å²) in [6.07, 6.45) is 0. The number of anilines is 4. The van der Waals surface area contributed by atoms with Crippen LogP contribution in [0.2, 0.25) is 0 Å². The van der Waals surface area contributed by atoms with Gasteiger partial charge in [0.15, 0.2) is 0 Å². The molecule has 1 heterocycles. The topological polar surface area (TPSA) is 49.8 Å². The van der Waals surface area contributed by atoms with Crippen LogP contribution in [0.1, 0.15) is 11.3 Å². The van der Waals surface area contributed by atoms with Gasteiger partial charge in [0.1, 0.15) is 11.6 Å². The van der Waals surface area contributed by atoms with Crippen molar-refractivity contribution in [2.45, 2.75) is 13.8 Å². The first kappa shape index (κ1) is 16.4. The second-order valence-corrected chi connectivity index (χ2v) is 6.29. The van der Waals surface area contributed by atoms with Crippen molar-refractivity contribution in [3.8, 4) is 0 Å². The standard InChI is InChI=1S/C18H16BrFN4/c1-11-9-15(7-8-16(11)19)22-17-10-12(2)21-18(24-17)23-14-5-3-13(20)4-6-14/h3-10H,1-2H3,(H2,21,22,23,24). The van der Waals surface area contributed by atoms with E-state index in [0.29, 0.717) is 11.8 Å². The number of hydrogen-bond donors (Lipinski definition) is 2. The molecule has 0 aliphatic rings. The smallest absolute Gasteiger partial charge is 0.229 e. The molecule has 0 aliphatic heterocycles. The van der Waals surface area contributed by atoms with Crippen LogP contribution in [0.25, 0.3) is 0 Å². The highest BCUT2D eigenvalue weighted by Crippen LogP contribution is 2.23. The Balaban J connectivity index is 1.82. The number of rotatable bonds is 4. The van der Waals surface area contributed by atoms with Crippen LogP contribution in [0.5, 0.6) is 0 Å². The van der Waals surface area contributed by atoms with E-state index < -0.39 is 0 Å². The quantitative estimate of drug-likeness (QED) is 0.622. The van der Waals surface area contributed by atoms with Gasteiger partial charge < -0.3 is 10.6 Å². The van der Waals surface area contributed by atoms with Crippen LogP contribution in [0.3, 0.4) is 0 Å². The summed E-state index contributed by atoms with van der Waals surface area (Å²) in [5.41, 5.74) is 3.63. The molecule has 0 fully saturated rings. The van der Waals surface area contributed by atoms with Crippen molar-refractivity contribution < 1.29 is 4.39 Å². The lowest BCUT2D eigenvalue weighted by atomic mass is 10.2. The summed E-state index contributed by atoms with van der Waals surface area (Å²) >= 11 is 3.49. The minimum atomic E-state index is -0.279. The van der Waals surface area contributed by atoms with Crippen molar-refractivity contribution in [1.29, 1.82) is 0 Å². The zero-order valence-electron chi connectivity index (χ0n) is 13.3. The first-order valence-electron chi connectivity index (χ1n) is 7.41. The highest BCUT2D eigenvalue weighted by atomic mass is 79.9. The van der Waals surface area contributed by atoms with E-state index in [4.69, 9.17) is 0 Å². The summed E-state index contributed by atoms with van der Waals surface area (Å²) in [7, 11) is 0. The van der Waals surface area contributed by atoms with Gasteiger partial charge in [-0.1, -0.05) is 15.9 Å². The fourth-order valence-electron chi connectivity index (χ4n) is 2.22. The number of hydrogen-bond acceptors (Lipinski definition) is 4. The Kier molecular flexibility index (Phi) is 4.76. The van der Waals surface area contributed by atoms with Gasteiger partial charge in [-0.25, -0.2) is 9.37 Å². The van der Waals surface area contributed by atoms with Crippen LogP contribution in [-0.4, -0.2) is 9.97 Å². The van der Waals surface area contributed by atoms with Crippen LogP contribution in [0, 0.1) is 19.7 Å². The molecule has 4 nitrogen and oxygen atoms in total. The number of benzene rings is 2. The molecule has 0 spiro atoms.